The molecule has 2 atom stereocenters. The summed E-state index contributed by atoms with van der Waals surface area (Å²) >= 11 is 0. The SMILES string of the molecule is CN=C(NCCc1ccccn1)NCC1CCCCC1C. The second-order valence-corrected chi connectivity index (χ2v) is 5.97. The zero-order valence-electron chi connectivity index (χ0n) is 13.3. The van der Waals surface area contributed by atoms with Crippen molar-refractivity contribution in [3.63, 3.8) is 0 Å². The highest BCUT2D eigenvalue weighted by molar-refractivity contribution is 5.79. The van der Waals surface area contributed by atoms with Crippen molar-refractivity contribution in [2.75, 3.05) is 20.1 Å². The van der Waals surface area contributed by atoms with Crippen LogP contribution in [-0.4, -0.2) is 31.1 Å². The van der Waals surface area contributed by atoms with Gasteiger partial charge in [0.25, 0.3) is 0 Å². The van der Waals surface area contributed by atoms with Crippen LogP contribution in [0.2, 0.25) is 0 Å². The van der Waals surface area contributed by atoms with Gasteiger partial charge in [-0.05, 0) is 30.4 Å². The molecule has 0 bridgehead atoms. The molecule has 4 heteroatoms. The number of nitrogens with one attached hydrogen (secondary N) is 2. The Hall–Kier alpha value is -1.58. The molecule has 1 aliphatic carbocycles. The van der Waals surface area contributed by atoms with Crippen LogP contribution < -0.4 is 10.6 Å². The molecule has 21 heavy (non-hydrogen) atoms. The fourth-order valence-electron chi connectivity index (χ4n) is 3.00. The lowest BCUT2D eigenvalue weighted by atomic mass is 9.80. The predicted molar refractivity (Wildman–Crippen MR) is 88.4 cm³/mol. The van der Waals surface area contributed by atoms with E-state index in [9.17, 15) is 0 Å². The van der Waals surface area contributed by atoms with Crippen molar-refractivity contribution < 1.29 is 0 Å². The Morgan fingerprint density at radius 1 is 1.29 bits per heavy atom. The molecule has 1 heterocycles. The number of hydrogen-bond acceptors (Lipinski definition) is 2. The summed E-state index contributed by atoms with van der Waals surface area (Å²) in [6.07, 6.45) is 8.25. The van der Waals surface area contributed by atoms with Gasteiger partial charge in [0.05, 0.1) is 0 Å². The summed E-state index contributed by atoms with van der Waals surface area (Å²) in [5, 5.41) is 6.85. The van der Waals surface area contributed by atoms with Crippen LogP contribution in [0.1, 0.15) is 38.3 Å². The van der Waals surface area contributed by atoms with Crippen LogP contribution in [0.5, 0.6) is 0 Å². The van der Waals surface area contributed by atoms with Crippen molar-refractivity contribution in [2.24, 2.45) is 16.8 Å². The van der Waals surface area contributed by atoms with Crippen LogP contribution in [0.25, 0.3) is 0 Å². The Morgan fingerprint density at radius 2 is 2.14 bits per heavy atom. The molecule has 1 aromatic rings. The number of nitrogens with zero attached hydrogens (tertiary/aromatic N) is 2. The molecular formula is C17H28N4. The molecular weight excluding hydrogens is 260 g/mol. The van der Waals surface area contributed by atoms with Crippen LogP contribution in [0.3, 0.4) is 0 Å². The molecule has 0 saturated heterocycles. The van der Waals surface area contributed by atoms with Crippen molar-refractivity contribution in [3.05, 3.63) is 30.1 Å². The number of aromatic nitrogens is 1. The van der Waals surface area contributed by atoms with E-state index in [1.807, 2.05) is 25.4 Å². The van der Waals surface area contributed by atoms with Gasteiger partial charge in [-0.25, -0.2) is 0 Å². The maximum atomic E-state index is 4.33. The summed E-state index contributed by atoms with van der Waals surface area (Å²) in [6, 6.07) is 6.03. The highest BCUT2D eigenvalue weighted by Gasteiger charge is 2.21. The van der Waals surface area contributed by atoms with Crippen LogP contribution in [-0.2, 0) is 6.42 Å². The number of rotatable bonds is 5. The summed E-state index contributed by atoms with van der Waals surface area (Å²) in [5.74, 6) is 2.52. The minimum atomic E-state index is 0.785. The Bertz CT molecular complexity index is 430. The van der Waals surface area contributed by atoms with E-state index in [-0.39, 0.29) is 0 Å². The van der Waals surface area contributed by atoms with E-state index in [0.717, 1.165) is 43.0 Å². The molecule has 0 aromatic carbocycles. The van der Waals surface area contributed by atoms with Gasteiger partial charge in [-0.3, -0.25) is 9.98 Å². The second-order valence-electron chi connectivity index (χ2n) is 5.97. The van der Waals surface area contributed by atoms with E-state index in [2.05, 4.69) is 33.6 Å². The molecule has 2 N–H and O–H groups in total. The van der Waals surface area contributed by atoms with Gasteiger partial charge in [0, 0.05) is 38.4 Å². The maximum absolute atomic E-state index is 4.33. The lowest BCUT2D eigenvalue weighted by Gasteiger charge is -2.29. The molecule has 1 fully saturated rings. The second kappa shape index (κ2) is 8.65. The number of pyridine rings is 1. The lowest BCUT2D eigenvalue weighted by Crippen LogP contribution is -2.42. The Balaban J connectivity index is 1.68. The number of guanidine groups is 1. The summed E-state index contributed by atoms with van der Waals surface area (Å²) in [4.78, 5) is 8.63. The fraction of sp³-hybridized carbons (Fsp3) is 0.647. The van der Waals surface area contributed by atoms with E-state index >= 15 is 0 Å². The quantitative estimate of drug-likeness (QED) is 0.647. The monoisotopic (exact) mass is 288 g/mol. The van der Waals surface area contributed by atoms with Crippen molar-refractivity contribution in [2.45, 2.75) is 39.0 Å². The summed E-state index contributed by atoms with van der Waals surface area (Å²) < 4.78 is 0. The molecule has 0 aliphatic heterocycles. The zero-order chi connectivity index (χ0) is 14.9. The standard InChI is InChI=1S/C17H28N4/c1-14-7-3-4-8-15(14)13-21-17(18-2)20-12-10-16-9-5-6-11-19-16/h5-6,9,11,14-15H,3-4,7-8,10,12-13H2,1-2H3,(H2,18,20,21). The topological polar surface area (TPSA) is 49.3 Å². The first-order chi connectivity index (χ1) is 10.3. The van der Waals surface area contributed by atoms with Gasteiger partial charge < -0.3 is 10.6 Å². The molecule has 116 valence electrons. The summed E-state index contributed by atoms with van der Waals surface area (Å²) in [6.45, 7) is 4.27. The van der Waals surface area contributed by atoms with Crippen molar-refractivity contribution in [1.29, 1.82) is 0 Å². The van der Waals surface area contributed by atoms with E-state index in [1.54, 1.807) is 0 Å². The van der Waals surface area contributed by atoms with Gasteiger partial charge in [0.2, 0.25) is 0 Å². The molecule has 0 spiro atoms. The first-order valence-electron chi connectivity index (χ1n) is 8.14. The average molecular weight is 288 g/mol. The van der Waals surface area contributed by atoms with E-state index in [1.165, 1.54) is 25.7 Å². The predicted octanol–water partition coefficient (Wildman–Crippen LogP) is 2.62. The van der Waals surface area contributed by atoms with Gasteiger partial charge in [0.1, 0.15) is 0 Å². The minimum Gasteiger partial charge on any atom is -0.356 e. The van der Waals surface area contributed by atoms with Crippen LogP contribution in [0.15, 0.2) is 29.4 Å². The van der Waals surface area contributed by atoms with E-state index in [0.29, 0.717) is 0 Å². The molecule has 2 rings (SSSR count). The third kappa shape index (κ3) is 5.37. The van der Waals surface area contributed by atoms with Crippen molar-refractivity contribution in [3.8, 4) is 0 Å². The van der Waals surface area contributed by atoms with Crippen molar-refractivity contribution >= 4 is 5.96 Å². The Labute approximate surface area is 128 Å². The smallest absolute Gasteiger partial charge is 0.190 e. The molecule has 1 aliphatic rings. The Kier molecular flexibility index (Phi) is 6.51. The lowest BCUT2D eigenvalue weighted by molar-refractivity contribution is 0.256. The van der Waals surface area contributed by atoms with Crippen LogP contribution >= 0.6 is 0 Å². The van der Waals surface area contributed by atoms with Crippen LogP contribution in [0.4, 0.5) is 0 Å². The normalized spacial score (nSPS) is 22.9. The Morgan fingerprint density at radius 3 is 2.86 bits per heavy atom. The fourth-order valence-corrected chi connectivity index (χ4v) is 3.00. The minimum absolute atomic E-state index is 0.785. The third-order valence-electron chi connectivity index (χ3n) is 4.44. The van der Waals surface area contributed by atoms with E-state index < -0.39 is 0 Å². The van der Waals surface area contributed by atoms with Gasteiger partial charge >= 0.3 is 0 Å². The van der Waals surface area contributed by atoms with E-state index in [4.69, 9.17) is 0 Å². The van der Waals surface area contributed by atoms with Gasteiger partial charge in [0.15, 0.2) is 5.96 Å². The van der Waals surface area contributed by atoms with Gasteiger partial charge in [-0.2, -0.15) is 0 Å². The highest BCUT2D eigenvalue weighted by atomic mass is 15.2. The first kappa shape index (κ1) is 15.8. The molecule has 1 saturated carbocycles. The molecule has 4 nitrogen and oxygen atoms in total. The van der Waals surface area contributed by atoms with Crippen molar-refractivity contribution in [1.82, 2.24) is 15.6 Å². The van der Waals surface area contributed by atoms with Gasteiger partial charge in [-0.15, -0.1) is 0 Å². The first-order valence-corrected chi connectivity index (χ1v) is 8.14. The molecule has 1 aromatic heterocycles. The average Bonchev–Trinajstić information content (AvgIpc) is 2.53. The van der Waals surface area contributed by atoms with Gasteiger partial charge in [-0.1, -0.05) is 32.3 Å². The number of aliphatic imine (C=N–C) groups is 1. The molecule has 2 unspecified atom stereocenters. The van der Waals surface area contributed by atoms with Crippen LogP contribution in [0, 0.1) is 11.8 Å². The summed E-state index contributed by atoms with van der Waals surface area (Å²) in [5.41, 5.74) is 1.11. The summed E-state index contributed by atoms with van der Waals surface area (Å²) in [7, 11) is 1.83. The number of hydrogen-bond donors (Lipinski definition) is 2. The highest BCUT2D eigenvalue weighted by Crippen LogP contribution is 2.28. The molecule has 0 radical (unpaired) electrons. The largest absolute Gasteiger partial charge is 0.356 e. The maximum Gasteiger partial charge on any atom is 0.190 e. The molecule has 0 amide bonds. The zero-order valence-corrected chi connectivity index (χ0v) is 13.3. The third-order valence-corrected chi connectivity index (χ3v) is 4.44.